The van der Waals surface area contributed by atoms with E-state index in [2.05, 4.69) is 6.92 Å². The highest BCUT2D eigenvalue weighted by atomic mass is 16.3. The fourth-order valence-electron chi connectivity index (χ4n) is 2.48. The van der Waals surface area contributed by atoms with E-state index >= 15 is 0 Å². The first-order valence-corrected chi connectivity index (χ1v) is 8.33. The van der Waals surface area contributed by atoms with Gasteiger partial charge in [-0.1, -0.05) is 77.6 Å². The number of unbranched alkanes of at least 4 members (excludes halogenated alkanes) is 10. The van der Waals surface area contributed by atoms with Gasteiger partial charge in [-0.3, -0.25) is 4.79 Å². The Morgan fingerprint density at radius 3 is 1.63 bits per heavy atom. The van der Waals surface area contributed by atoms with Crippen molar-refractivity contribution in [2.24, 2.45) is 5.92 Å². The van der Waals surface area contributed by atoms with Gasteiger partial charge in [0.15, 0.2) is 0 Å². The van der Waals surface area contributed by atoms with Gasteiger partial charge in [0.1, 0.15) is 5.78 Å². The molecular formula is C17H34O2. The number of carbonyl (C=O) groups excluding carboxylic acids is 1. The molecule has 0 bridgehead atoms. The lowest BCUT2D eigenvalue weighted by Gasteiger charge is -2.09. The summed E-state index contributed by atoms with van der Waals surface area (Å²) < 4.78 is 0. The first-order valence-electron chi connectivity index (χ1n) is 8.33. The minimum atomic E-state index is -0.112. The number of hydrogen-bond donors (Lipinski definition) is 1. The SMILES string of the molecule is CCCCCCCCCCCCCC(CO)C(C)=O. The molecule has 0 aromatic heterocycles. The molecular weight excluding hydrogens is 236 g/mol. The van der Waals surface area contributed by atoms with E-state index in [1.165, 1.54) is 64.2 Å². The molecule has 2 nitrogen and oxygen atoms in total. The lowest BCUT2D eigenvalue weighted by molar-refractivity contribution is -0.122. The van der Waals surface area contributed by atoms with E-state index in [0.717, 1.165) is 12.8 Å². The Kier molecular flexibility index (Phi) is 13.8. The van der Waals surface area contributed by atoms with Gasteiger partial charge in [0, 0.05) is 5.92 Å². The molecule has 19 heavy (non-hydrogen) atoms. The first kappa shape index (κ1) is 18.6. The predicted molar refractivity (Wildman–Crippen MR) is 82.3 cm³/mol. The highest BCUT2D eigenvalue weighted by molar-refractivity contribution is 5.78. The Morgan fingerprint density at radius 1 is 0.842 bits per heavy atom. The Hall–Kier alpha value is -0.370. The molecule has 0 aliphatic heterocycles. The molecule has 0 amide bonds. The van der Waals surface area contributed by atoms with Gasteiger partial charge in [-0.2, -0.15) is 0 Å². The van der Waals surface area contributed by atoms with E-state index in [1.54, 1.807) is 6.92 Å². The third-order valence-corrected chi connectivity index (χ3v) is 3.95. The van der Waals surface area contributed by atoms with Crippen molar-refractivity contribution in [3.63, 3.8) is 0 Å². The number of ketones is 1. The van der Waals surface area contributed by atoms with Crippen molar-refractivity contribution < 1.29 is 9.90 Å². The predicted octanol–water partition coefficient (Wildman–Crippen LogP) is 4.89. The van der Waals surface area contributed by atoms with Crippen LogP contribution in [-0.4, -0.2) is 17.5 Å². The maximum absolute atomic E-state index is 11.1. The molecule has 0 spiro atoms. The van der Waals surface area contributed by atoms with Crippen LogP contribution in [0.2, 0.25) is 0 Å². The van der Waals surface area contributed by atoms with E-state index in [-0.39, 0.29) is 18.3 Å². The molecule has 0 aliphatic carbocycles. The van der Waals surface area contributed by atoms with Crippen LogP contribution in [0, 0.1) is 5.92 Å². The number of hydrogen-bond acceptors (Lipinski definition) is 2. The van der Waals surface area contributed by atoms with Gasteiger partial charge in [-0.25, -0.2) is 0 Å². The summed E-state index contributed by atoms with van der Waals surface area (Å²) in [6.45, 7) is 3.86. The number of Topliss-reactive ketones (excluding diaryl/α,β-unsaturated/α-hetero) is 1. The lowest BCUT2D eigenvalue weighted by atomic mass is 9.97. The standard InChI is InChI=1S/C17H34O2/c1-3-4-5-6-7-8-9-10-11-12-13-14-17(15-18)16(2)19/h17-18H,3-15H2,1-2H3. The lowest BCUT2D eigenvalue weighted by Crippen LogP contribution is -2.15. The summed E-state index contributed by atoms with van der Waals surface area (Å²) >= 11 is 0. The van der Waals surface area contributed by atoms with Gasteiger partial charge in [0.2, 0.25) is 0 Å². The van der Waals surface area contributed by atoms with E-state index in [0.29, 0.717) is 0 Å². The molecule has 0 rings (SSSR count). The molecule has 0 heterocycles. The fourth-order valence-corrected chi connectivity index (χ4v) is 2.48. The van der Waals surface area contributed by atoms with Gasteiger partial charge < -0.3 is 5.11 Å². The van der Waals surface area contributed by atoms with Crippen molar-refractivity contribution in [1.29, 1.82) is 0 Å². The Balaban J connectivity index is 3.16. The quantitative estimate of drug-likeness (QED) is 0.456. The van der Waals surface area contributed by atoms with Crippen LogP contribution in [0.25, 0.3) is 0 Å². The van der Waals surface area contributed by atoms with E-state index in [1.807, 2.05) is 0 Å². The Labute approximate surface area is 120 Å². The topological polar surface area (TPSA) is 37.3 Å². The van der Waals surface area contributed by atoms with Crippen molar-refractivity contribution in [2.45, 2.75) is 90.9 Å². The van der Waals surface area contributed by atoms with Gasteiger partial charge >= 0.3 is 0 Å². The average Bonchev–Trinajstić information content (AvgIpc) is 2.40. The van der Waals surface area contributed by atoms with E-state index in [9.17, 15) is 4.79 Å². The summed E-state index contributed by atoms with van der Waals surface area (Å²) in [6.07, 6.45) is 15.5. The third-order valence-electron chi connectivity index (χ3n) is 3.95. The van der Waals surface area contributed by atoms with Crippen LogP contribution in [0.1, 0.15) is 90.9 Å². The van der Waals surface area contributed by atoms with Gasteiger partial charge in [-0.05, 0) is 13.3 Å². The molecule has 2 heteroatoms. The molecule has 0 saturated heterocycles. The second kappa shape index (κ2) is 14.0. The molecule has 1 atom stereocenters. The molecule has 1 N–H and O–H groups in total. The van der Waals surface area contributed by atoms with Crippen LogP contribution in [0.5, 0.6) is 0 Å². The van der Waals surface area contributed by atoms with Crippen molar-refractivity contribution in [3.05, 3.63) is 0 Å². The van der Waals surface area contributed by atoms with E-state index < -0.39 is 0 Å². The molecule has 0 radical (unpaired) electrons. The second-order valence-corrected chi connectivity index (χ2v) is 5.81. The highest BCUT2D eigenvalue weighted by Gasteiger charge is 2.11. The molecule has 0 saturated carbocycles. The average molecular weight is 270 g/mol. The smallest absolute Gasteiger partial charge is 0.135 e. The summed E-state index contributed by atoms with van der Waals surface area (Å²) in [7, 11) is 0. The molecule has 0 aromatic rings. The maximum Gasteiger partial charge on any atom is 0.135 e. The van der Waals surface area contributed by atoms with Crippen molar-refractivity contribution in [1.82, 2.24) is 0 Å². The maximum atomic E-state index is 11.1. The normalized spacial score (nSPS) is 12.6. The minimum Gasteiger partial charge on any atom is -0.396 e. The van der Waals surface area contributed by atoms with Crippen molar-refractivity contribution >= 4 is 5.78 Å². The first-order chi connectivity index (χ1) is 9.22. The zero-order chi connectivity index (χ0) is 14.3. The van der Waals surface area contributed by atoms with Crippen molar-refractivity contribution in [2.75, 3.05) is 6.61 Å². The second-order valence-electron chi connectivity index (χ2n) is 5.81. The summed E-state index contributed by atoms with van der Waals surface area (Å²) in [5.41, 5.74) is 0. The molecule has 114 valence electrons. The van der Waals surface area contributed by atoms with E-state index in [4.69, 9.17) is 5.11 Å². The molecule has 0 fully saturated rings. The van der Waals surface area contributed by atoms with Gasteiger partial charge in [0.05, 0.1) is 6.61 Å². The Morgan fingerprint density at radius 2 is 1.26 bits per heavy atom. The van der Waals surface area contributed by atoms with Crippen molar-refractivity contribution in [3.8, 4) is 0 Å². The molecule has 1 unspecified atom stereocenters. The van der Waals surface area contributed by atoms with Crippen LogP contribution >= 0.6 is 0 Å². The van der Waals surface area contributed by atoms with Crippen LogP contribution in [0.4, 0.5) is 0 Å². The number of rotatable bonds is 14. The minimum absolute atomic E-state index is 0.0209. The number of aliphatic hydroxyl groups is 1. The molecule has 0 aliphatic rings. The highest BCUT2D eigenvalue weighted by Crippen LogP contribution is 2.14. The van der Waals surface area contributed by atoms with Crippen LogP contribution in [0.3, 0.4) is 0 Å². The molecule has 0 aromatic carbocycles. The summed E-state index contributed by atoms with van der Waals surface area (Å²) in [5.74, 6) is 0.0214. The zero-order valence-corrected chi connectivity index (χ0v) is 13.1. The fraction of sp³-hybridized carbons (Fsp3) is 0.941. The summed E-state index contributed by atoms with van der Waals surface area (Å²) in [4.78, 5) is 11.1. The Bertz CT molecular complexity index is 201. The zero-order valence-electron chi connectivity index (χ0n) is 13.1. The number of carbonyl (C=O) groups is 1. The third kappa shape index (κ3) is 12.4. The van der Waals surface area contributed by atoms with Crippen LogP contribution in [0.15, 0.2) is 0 Å². The van der Waals surface area contributed by atoms with Crippen LogP contribution in [-0.2, 0) is 4.79 Å². The summed E-state index contributed by atoms with van der Waals surface area (Å²) in [5, 5.41) is 9.04. The van der Waals surface area contributed by atoms with Gasteiger partial charge in [0.25, 0.3) is 0 Å². The van der Waals surface area contributed by atoms with Gasteiger partial charge in [-0.15, -0.1) is 0 Å². The largest absolute Gasteiger partial charge is 0.396 e. The monoisotopic (exact) mass is 270 g/mol. The van der Waals surface area contributed by atoms with Crippen LogP contribution < -0.4 is 0 Å². The summed E-state index contributed by atoms with van der Waals surface area (Å²) in [6, 6.07) is 0. The number of aliphatic hydroxyl groups excluding tert-OH is 1.